The van der Waals surface area contributed by atoms with Crippen LogP contribution in [0.3, 0.4) is 0 Å². The van der Waals surface area contributed by atoms with Crippen LogP contribution in [0.4, 0.5) is 0 Å². The smallest absolute Gasteiger partial charge is 0.343 e. The number of carbonyl (C=O) groups excluding carboxylic acids is 1. The number of benzene rings is 3. The summed E-state index contributed by atoms with van der Waals surface area (Å²) in [6, 6.07) is 16.0. The lowest BCUT2D eigenvalue weighted by Gasteiger charge is -2.15. The number of halogens is 4. The van der Waals surface area contributed by atoms with Crippen LogP contribution in [0, 0.1) is 0 Å². The number of hydrogen-bond acceptors (Lipinski definition) is 4. The second kappa shape index (κ2) is 10.9. The number of hydrogen-bond donors (Lipinski definition) is 0. The molecular weight excluding hydrogens is 563 g/mol. The van der Waals surface area contributed by atoms with E-state index in [4.69, 9.17) is 49.0 Å². The maximum absolute atomic E-state index is 12.4. The van der Waals surface area contributed by atoms with E-state index in [9.17, 15) is 4.79 Å². The Bertz CT molecular complexity index is 1300. The summed E-state index contributed by atoms with van der Waals surface area (Å²) < 4.78 is 17.9. The Morgan fingerprint density at radius 1 is 0.971 bits per heavy atom. The van der Waals surface area contributed by atoms with Crippen molar-refractivity contribution >= 4 is 68.5 Å². The zero-order chi connectivity index (χ0) is 24.2. The average Bonchev–Trinajstić information content (AvgIpc) is 3.15. The van der Waals surface area contributed by atoms with E-state index in [1.54, 1.807) is 48.6 Å². The van der Waals surface area contributed by atoms with Crippen LogP contribution in [-0.2, 0) is 16.1 Å². The number of cyclic esters (lactones) is 1. The van der Waals surface area contributed by atoms with Gasteiger partial charge in [-0.05, 0) is 89.1 Å². The average molecular weight is 581 g/mol. The molecule has 34 heavy (non-hydrogen) atoms. The van der Waals surface area contributed by atoms with Crippen LogP contribution in [0.15, 0.2) is 70.7 Å². The summed E-state index contributed by atoms with van der Waals surface area (Å²) in [4.78, 5) is 12.4. The normalized spacial score (nSPS) is 14.2. The van der Waals surface area contributed by atoms with Crippen LogP contribution in [-0.4, -0.2) is 12.6 Å². The van der Waals surface area contributed by atoms with E-state index in [0.717, 1.165) is 16.7 Å². The molecular formula is C26H18BrCl3O4. The molecule has 0 spiro atoms. The fourth-order valence-electron chi connectivity index (χ4n) is 3.29. The summed E-state index contributed by atoms with van der Waals surface area (Å²) in [5.41, 5.74) is 2.72. The van der Waals surface area contributed by atoms with Crippen molar-refractivity contribution in [2.75, 3.05) is 6.61 Å². The molecule has 0 amide bonds. The molecule has 1 heterocycles. The molecule has 0 N–H and O–H groups in total. The molecule has 0 unspecified atom stereocenters. The molecule has 174 valence electrons. The molecule has 0 saturated heterocycles. The lowest BCUT2D eigenvalue weighted by molar-refractivity contribution is -0.130. The van der Waals surface area contributed by atoms with Crippen molar-refractivity contribution in [3.63, 3.8) is 0 Å². The van der Waals surface area contributed by atoms with E-state index in [0.29, 0.717) is 49.0 Å². The zero-order valence-electron chi connectivity index (χ0n) is 17.9. The van der Waals surface area contributed by atoms with Gasteiger partial charge in [-0.25, -0.2) is 4.79 Å². The lowest BCUT2D eigenvalue weighted by atomic mass is 10.1. The summed E-state index contributed by atoms with van der Waals surface area (Å²) in [6.07, 6.45) is 3.44. The van der Waals surface area contributed by atoms with Crippen molar-refractivity contribution < 1.29 is 19.0 Å². The Kier molecular flexibility index (Phi) is 7.89. The quantitative estimate of drug-likeness (QED) is 0.208. The second-order valence-corrected chi connectivity index (χ2v) is 9.43. The number of rotatable bonds is 7. The lowest BCUT2D eigenvalue weighted by Crippen LogP contribution is -2.02. The Hall–Kier alpha value is -2.44. The monoisotopic (exact) mass is 578 g/mol. The van der Waals surface area contributed by atoms with Gasteiger partial charge in [-0.3, -0.25) is 0 Å². The molecule has 3 aromatic carbocycles. The van der Waals surface area contributed by atoms with E-state index >= 15 is 0 Å². The molecule has 1 aliphatic heterocycles. The molecule has 0 bridgehead atoms. The van der Waals surface area contributed by atoms with Crippen LogP contribution in [0.25, 0.3) is 11.8 Å². The standard InChI is InChI=1S/C26H18BrCl3O4/c1-2-32-24-11-15(9-18-12-23(34-26(18)31)16-3-6-19(28)7-4-16)10-21(27)25(24)33-14-17-5-8-20(29)13-22(17)30/h3-13H,2,14H2,1H3/b18-9+. The fourth-order valence-corrected chi connectivity index (χ4v) is 4.45. The van der Waals surface area contributed by atoms with E-state index in [1.165, 1.54) is 0 Å². The Morgan fingerprint density at radius 3 is 2.41 bits per heavy atom. The number of esters is 1. The van der Waals surface area contributed by atoms with E-state index in [2.05, 4.69) is 15.9 Å². The molecule has 1 aliphatic rings. The van der Waals surface area contributed by atoms with E-state index in [-0.39, 0.29) is 6.61 Å². The minimum atomic E-state index is -0.434. The Morgan fingerprint density at radius 2 is 1.71 bits per heavy atom. The maximum Gasteiger partial charge on any atom is 0.343 e. The molecule has 4 rings (SSSR count). The van der Waals surface area contributed by atoms with Gasteiger partial charge in [-0.1, -0.05) is 40.9 Å². The zero-order valence-corrected chi connectivity index (χ0v) is 21.8. The van der Waals surface area contributed by atoms with Gasteiger partial charge in [-0.15, -0.1) is 0 Å². The number of ether oxygens (including phenoxy) is 3. The summed E-state index contributed by atoms with van der Waals surface area (Å²) >= 11 is 21.7. The van der Waals surface area contributed by atoms with Crippen molar-refractivity contribution in [3.05, 3.63) is 102 Å². The van der Waals surface area contributed by atoms with E-state index < -0.39 is 5.97 Å². The van der Waals surface area contributed by atoms with Crippen LogP contribution in [0.5, 0.6) is 11.5 Å². The first-order chi connectivity index (χ1) is 16.3. The van der Waals surface area contributed by atoms with Crippen LogP contribution in [0.1, 0.15) is 23.6 Å². The molecule has 0 aliphatic carbocycles. The largest absolute Gasteiger partial charge is 0.490 e. The van der Waals surface area contributed by atoms with Gasteiger partial charge in [0.25, 0.3) is 0 Å². The third-order valence-corrected chi connectivity index (χ3v) is 6.32. The van der Waals surface area contributed by atoms with Crippen molar-refractivity contribution in [3.8, 4) is 11.5 Å². The minimum Gasteiger partial charge on any atom is -0.490 e. The predicted molar refractivity (Wildman–Crippen MR) is 140 cm³/mol. The van der Waals surface area contributed by atoms with Crippen LogP contribution < -0.4 is 9.47 Å². The van der Waals surface area contributed by atoms with Gasteiger partial charge in [0.05, 0.1) is 16.7 Å². The second-order valence-electron chi connectivity index (χ2n) is 7.29. The molecule has 3 aromatic rings. The van der Waals surface area contributed by atoms with Gasteiger partial charge >= 0.3 is 5.97 Å². The molecule has 0 saturated carbocycles. The van der Waals surface area contributed by atoms with Gasteiger partial charge in [0.2, 0.25) is 0 Å². The topological polar surface area (TPSA) is 44.8 Å². The summed E-state index contributed by atoms with van der Waals surface area (Å²) in [6.45, 7) is 2.55. The highest BCUT2D eigenvalue weighted by atomic mass is 79.9. The highest BCUT2D eigenvalue weighted by Crippen LogP contribution is 2.39. The first-order valence-corrected chi connectivity index (χ1v) is 12.2. The van der Waals surface area contributed by atoms with Gasteiger partial charge in [0.1, 0.15) is 12.4 Å². The Balaban J connectivity index is 1.61. The molecule has 0 aromatic heterocycles. The molecule has 0 radical (unpaired) electrons. The SMILES string of the molecule is CCOc1cc(/C=C2\C=C(c3ccc(Cl)cc3)OC2=O)cc(Br)c1OCc1ccc(Cl)cc1Cl. The highest BCUT2D eigenvalue weighted by molar-refractivity contribution is 9.10. The van der Waals surface area contributed by atoms with Gasteiger partial charge in [0.15, 0.2) is 11.5 Å². The summed E-state index contributed by atoms with van der Waals surface area (Å²) in [7, 11) is 0. The van der Waals surface area contributed by atoms with Crippen molar-refractivity contribution in [1.29, 1.82) is 0 Å². The molecule has 8 heteroatoms. The maximum atomic E-state index is 12.4. The van der Waals surface area contributed by atoms with Gasteiger partial charge in [0, 0.05) is 26.2 Å². The van der Waals surface area contributed by atoms with Gasteiger partial charge < -0.3 is 14.2 Å². The Labute approximate surface area is 220 Å². The van der Waals surface area contributed by atoms with Crippen molar-refractivity contribution in [2.45, 2.75) is 13.5 Å². The molecule has 0 atom stereocenters. The van der Waals surface area contributed by atoms with E-state index in [1.807, 2.05) is 25.1 Å². The third kappa shape index (κ3) is 5.78. The highest BCUT2D eigenvalue weighted by Gasteiger charge is 2.22. The summed E-state index contributed by atoms with van der Waals surface area (Å²) in [5.74, 6) is 1.09. The number of carbonyl (C=O) groups is 1. The molecule has 4 nitrogen and oxygen atoms in total. The third-order valence-electron chi connectivity index (χ3n) is 4.89. The first-order valence-electron chi connectivity index (χ1n) is 10.3. The van der Waals surface area contributed by atoms with Gasteiger partial charge in [-0.2, -0.15) is 0 Å². The van der Waals surface area contributed by atoms with Crippen molar-refractivity contribution in [1.82, 2.24) is 0 Å². The minimum absolute atomic E-state index is 0.231. The van der Waals surface area contributed by atoms with Crippen LogP contribution in [0.2, 0.25) is 15.1 Å². The van der Waals surface area contributed by atoms with Crippen molar-refractivity contribution in [2.24, 2.45) is 0 Å². The predicted octanol–water partition coefficient (Wildman–Crippen LogP) is 8.37. The fraction of sp³-hybridized carbons (Fsp3) is 0.115. The van der Waals surface area contributed by atoms with Crippen LogP contribution >= 0.6 is 50.7 Å². The molecule has 0 fully saturated rings. The summed E-state index contributed by atoms with van der Waals surface area (Å²) in [5, 5.41) is 1.69. The first kappa shape index (κ1) is 24.7.